The minimum absolute atomic E-state index is 0.0290. The SMILES string of the molecule is Nc1c2c(=O)[nH][nH]c2nn1C(=O)c1ccccc1. The van der Waals surface area contributed by atoms with E-state index in [-0.39, 0.29) is 22.8 Å². The highest BCUT2D eigenvalue weighted by Gasteiger charge is 2.18. The van der Waals surface area contributed by atoms with Gasteiger partial charge in [0, 0.05) is 5.56 Å². The van der Waals surface area contributed by atoms with Gasteiger partial charge in [0.25, 0.3) is 11.5 Å². The first kappa shape index (κ1) is 10.3. The van der Waals surface area contributed by atoms with Gasteiger partial charge in [0.05, 0.1) is 0 Å². The molecule has 0 aliphatic rings. The van der Waals surface area contributed by atoms with E-state index in [0.717, 1.165) is 4.68 Å². The number of nitrogens with zero attached hydrogens (tertiary/aromatic N) is 2. The molecule has 3 rings (SSSR count). The van der Waals surface area contributed by atoms with E-state index in [4.69, 9.17) is 5.73 Å². The molecule has 4 N–H and O–H groups in total. The molecule has 90 valence electrons. The highest BCUT2D eigenvalue weighted by atomic mass is 16.2. The molecule has 7 nitrogen and oxygen atoms in total. The summed E-state index contributed by atoms with van der Waals surface area (Å²) in [6, 6.07) is 8.60. The van der Waals surface area contributed by atoms with Crippen molar-refractivity contribution < 1.29 is 4.79 Å². The molecule has 0 saturated carbocycles. The summed E-state index contributed by atoms with van der Waals surface area (Å²) in [5, 5.41) is 9.07. The molecule has 0 unspecified atom stereocenters. The molecule has 0 spiro atoms. The van der Waals surface area contributed by atoms with Crippen molar-refractivity contribution in [3.8, 4) is 0 Å². The molecule has 1 aromatic carbocycles. The molecule has 2 heterocycles. The predicted molar refractivity (Wildman–Crippen MR) is 65.3 cm³/mol. The monoisotopic (exact) mass is 243 g/mol. The van der Waals surface area contributed by atoms with Crippen LogP contribution in [0.15, 0.2) is 35.1 Å². The Bertz CT molecular complexity index is 781. The Morgan fingerprint density at radius 1 is 1.22 bits per heavy atom. The van der Waals surface area contributed by atoms with E-state index in [1.807, 2.05) is 0 Å². The van der Waals surface area contributed by atoms with Gasteiger partial charge in [0.1, 0.15) is 11.2 Å². The Morgan fingerprint density at radius 2 is 1.94 bits per heavy atom. The van der Waals surface area contributed by atoms with Gasteiger partial charge in [-0.3, -0.25) is 19.8 Å². The first-order valence-electron chi connectivity index (χ1n) is 5.23. The summed E-state index contributed by atoms with van der Waals surface area (Å²) in [7, 11) is 0. The molecule has 18 heavy (non-hydrogen) atoms. The first-order chi connectivity index (χ1) is 8.68. The van der Waals surface area contributed by atoms with Gasteiger partial charge < -0.3 is 5.73 Å². The van der Waals surface area contributed by atoms with Crippen molar-refractivity contribution in [1.29, 1.82) is 0 Å². The van der Waals surface area contributed by atoms with Crippen LogP contribution in [0.2, 0.25) is 0 Å². The molecule has 0 bridgehead atoms. The number of aromatic amines is 2. The standard InChI is InChI=1S/C11H9N5O2/c12-8-7-9(13-14-10(7)17)15-16(8)11(18)6-4-2-1-3-5-6/h1-5H,12H2,(H,13,15)(H,14,17). The largest absolute Gasteiger partial charge is 0.383 e. The second-order valence-electron chi connectivity index (χ2n) is 3.77. The van der Waals surface area contributed by atoms with E-state index >= 15 is 0 Å². The third-order valence-corrected chi connectivity index (χ3v) is 2.66. The fourth-order valence-electron chi connectivity index (χ4n) is 1.78. The van der Waals surface area contributed by atoms with Crippen LogP contribution in [0.4, 0.5) is 5.82 Å². The van der Waals surface area contributed by atoms with Gasteiger partial charge in [0.15, 0.2) is 5.65 Å². The summed E-state index contributed by atoms with van der Waals surface area (Å²) in [6.07, 6.45) is 0. The Labute approximate surface area is 100 Å². The first-order valence-corrected chi connectivity index (χ1v) is 5.23. The van der Waals surface area contributed by atoms with Crippen molar-refractivity contribution in [2.45, 2.75) is 0 Å². The van der Waals surface area contributed by atoms with Crippen LogP contribution < -0.4 is 11.3 Å². The fraction of sp³-hybridized carbons (Fsp3) is 0. The lowest BCUT2D eigenvalue weighted by molar-refractivity contribution is 0.0948. The number of carbonyl (C=O) groups excluding carboxylic acids is 1. The molecule has 0 radical (unpaired) electrons. The molecule has 0 fully saturated rings. The second-order valence-corrected chi connectivity index (χ2v) is 3.77. The topological polar surface area (TPSA) is 110 Å². The van der Waals surface area contributed by atoms with Gasteiger partial charge in [-0.05, 0) is 12.1 Å². The molecule has 0 atom stereocenters. The summed E-state index contributed by atoms with van der Waals surface area (Å²) in [6.45, 7) is 0. The maximum atomic E-state index is 12.1. The molecule has 0 aliphatic carbocycles. The number of benzene rings is 1. The lowest BCUT2D eigenvalue weighted by atomic mass is 10.2. The average Bonchev–Trinajstić information content (AvgIpc) is 2.92. The lowest BCUT2D eigenvalue weighted by Gasteiger charge is -2.01. The van der Waals surface area contributed by atoms with Gasteiger partial charge in [-0.1, -0.05) is 18.2 Å². The summed E-state index contributed by atoms with van der Waals surface area (Å²) < 4.78 is 1.02. The van der Waals surface area contributed by atoms with Crippen LogP contribution in [0.3, 0.4) is 0 Å². The number of aromatic nitrogens is 4. The molecular weight excluding hydrogens is 234 g/mol. The summed E-state index contributed by atoms with van der Waals surface area (Å²) in [5.74, 6) is -0.349. The molecular formula is C11H9N5O2. The zero-order valence-corrected chi connectivity index (χ0v) is 9.18. The number of fused-ring (bicyclic) bond motifs is 1. The molecule has 2 aromatic heterocycles. The highest BCUT2D eigenvalue weighted by Crippen LogP contribution is 2.15. The number of carbonyl (C=O) groups is 1. The van der Waals surface area contributed by atoms with Crippen molar-refractivity contribution in [2.24, 2.45) is 0 Å². The summed E-state index contributed by atoms with van der Waals surface area (Å²) in [4.78, 5) is 23.6. The second kappa shape index (κ2) is 3.59. The number of H-pyrrole nitrogens is 2. The van der Waals surface area contributed by atoms with Crippen molar-refractivity contribution in [1.82, 2.24) is 20.0 Å². The number of nitrogens with two attached hydrogens (primary N) is 1. The zero-order chi connectivity index (χ0) is 12.7. The Hall–Kier alpha value is -2.83. The van der Waals surface area contributed by atoms with Crippen molar-refractivity contribution in [3.05, 3.63) is 46.2 Å². The van der Waals surface area contributed by atoms with Crippen LogP contribution in [0.5, 0.6) is 0 Å². The maximum absolute atomic E-state index is 12.1. The summed E-state index contributed by atoms with van der Waals surface area (Å²) >= 11 is 0. The van der Waals surface area contributed by atoms with Crippen molar-refractivity contribution in [2.75, 3.05) is 5.73 Å². The van der Waals surface area contributed by atoms with Crippen molar-refractivity contribution >= 4 is 22.8 Å². The van der Waals surface area contributed by atoms with E-state index in [0.29, 0.717) is 5.56 Å². The van der Waals surface area contributed by atoms with Crippen molar-refractivity contribution in [3.63, 3.8) is 0 Å². The van der Waals surface area contributed by atoms with Gasteiger partial charge in [-0.2, -0.15) is 4.68 Å². The molecule has 7 heteroatoms. The van der Waals surface area contributed by atoms with Gasteiger partial charge in [-0.25, -0.2) is 0 Å². The Morgan fingerprint density at radius 3 is 2.61 bits per heavy atom. The number of hydrogen-bond donors (Lipinski definition) is 3. The van der Waals surface area contributed by atoms with Crippen LogP contribution in [-0.2, 0) is 0 Å². The highest BCUT2D eigenvalue weighted by molar-refractivity contribution is 6.01. The van der Waals surface area contributed by atoms with Crippen LogP contribution in [-0.4, -0.2) is 25.9 Å². The van der Waals surface area contributed by atoms with Crippen LogP contribution in [0.25, 0.3) is 11.0 Å². The Balaban J connectivity index is 2.18. The smallest absolute Gasteiger partial charge is 0.280 e. The fourth-order valence-corrected chi connectivity index (χ4v) is 1.78. The molecule has 0 aliphatic heterocycles. The maximum Gasteiger partial charge on any atom is 0.280 e. The number of rotatable bonds is 1. The number of anilines is 1. The number of hydrogen-bond acceptors (Lipinski definition) is 4. The van der Waals surface area contributed by atoms with Crippen LogP contribution in [0, 0.1) is 0 Å². The van der Waals surface area contributed by atoms with Crippen LogP contribution in [0.1, 0.15) is 10.4 Å². The number of nitrogen functional groups attached to an aromatic ring is 1. The molecule has 0 saturated heterocycles. The summed E-state index contributed by atoms with van der Waals surface area (Å²) in [5.41, 5.74) is 6.08. The Kier molecular flexibility index (Phi) is 2.06. The van der Waals surface area contributed by atoms with E-state index < -0.39 is 5.56 Å². The third kappa shape index (κ3) is 1.34. The van der Waals surface area contributed by atoms with Gasteiger partial charge in [-0.15, -0.1) is 5.10 Å². The third-order valence-electron chi connectivity index (χ3n) is 2.66. The molecule has 3 aromatic rings. The van der Waals surface area contributed by atoms with E-state index in [1.165, 1.54) is 0 Å². The minimum Gasteiger partial charge on any atom is -0.383 e. The number of nitrogens with one attached hydrogen (secondary N) is 2. The lowest BCUT2D eigenvalue weighted by Crippen LogP contribution is -2.17. The molecule has 0 amide bonds. The van der Waals surface area contributed by atoms with Crippen LogP contribution >= 0.6 is 0 Å². The predicted octanol–water partition coefficient (Wildman–Crippen LogP) is 0.323. The van der Waals surface area contributed by atoms with Gasteiger partial charge >= 0.3 is 0 Å². The normalized spacial score (nSPS) is 10.9. The van der Waals surface area contributed by atoms with E-state index in [1.54, 1.807) is 30.3 Å². The van der Waals surface area contributed by atoms with E-state index in [9.17, 15) is 9.59 Å². The quantitative estimate of drug-likeness (QED) is 0.571. The minimum atomic E-state index is -0.394. The van der Waals surface area contributed by atoms with E-state index in [2.05, 4.69) is 15.3 Å². The average molecular weight is 243 g/mol. The van der Waals surface area contributed by atoms with Gasteiger partial charge in [0.2, 0.25) is 0 Å². The zero-order valence-electron chi connectivity index (χ0n) is 9.18.